The summed E-state index contributed by atoms with van der Waals surface area (Å²) >= 11 is 5.97. The fraction of sp³-hybridized carbons (Fsp3) is 0.471. The van der Waals surface area contributed by atoms with Gasteiger partial charge in [0.15, 0.2) is 0 Å². The Labute approximate surface area is 148 Å². The molecule has 24 heavy (non-hydrogen) atoms. The maximum absolute atomic E-state index is 13.1. The standard InChI is InChI=1S/C17H22ClN3O2S/c1-12-17(13(2)20-19-12)24(22,23)21-10-4-3-5-15(11-21)14-6-8-16(18)9-7-14/h6-9,15H,3-5,10-11H2,1-2H3,(H,19,20). The second-order valence-electron chi connectivity index (χ2n) is 6.37. The second-order valence-corrected chi connectivity index (χ2v) is 8.68. The predicted molar refractivity (Wildman–Crippen MR) is 94.9 cm³/mol. The number of nitrogens with zero attached hydrogens (tertiary/aromatic N) is 2. The van der Waals surface area contributed by atoms with E-state index < -0.39 is 10.0 Å². The van der Waals surface area contributed by atoms with E-state index in [1.807, 2.05) is 24.3 Å². The van der Waals surface area contributed by atoms with Crippen LogP contribution in [0, 0.1) is 13.8 Å². The normalized spacial score (nSPS) is 20.0. The number of H-pyrrole nitrogens is 1. The SMILES string of the molecule is Cc1n[nH]c(C)c1S(=O)(=O)N1CCCCC(c2ccc(Cl)cc2)C1. The molecule has 0 saturated carbocycles. The molecule has 7 heteroatoms. The molecule has 5 nitrogen and oxygen atoms in total. The minimum Gasteiger partial charge on any atom is -0.281 e. The minimum absolute atomic E-state index is 0.187. The van der Waals surface area contributed by atoms with Gasteiger partial charge in [-0.05, 0) is 50.3 Å². The van der Waals surface area contributed by atoms with Gasteiger partial charge in [-0.2, -0.15) is 9.40 Å². The summed E-state index contributed by atoms with van der Waals surface area (Å²) in [4.78, 5) is 0.319. The van der Waals surface area contributed by atoms with Crippen molar-refractivity contribution >= 4 is 21.6 Å². The van der Waals surface area contributed by atoms with Crippen molar-refractivity contribution in [3.8, 4) is 0 Å². The number of aryl methyl sites for hydroxylation is 2. The van der Waals surface area contributed by atoms with Gasteiger partial charge in [0.1, 0.15) is 4.90 Å². The Kier molecular flexibility index (Phi) is 4.99. The molecule has 0 aliphatic carbocycles. The first kappa shape index (κ1) is 17.5. The summed E-state index contributed by atoms with van der Waals surface area (Å²) in [5.41, 5.74) is 2.27. The molecule has 1 saturated heterocycles. The van der Waals surface area contributed by atoms with Crippen molar-refractivity contribution in [1.82, 2.24) is 14.5 Å². The van der Waals surface area contributed by atoms with E-state index in [0.717, 1.165) is 24.8 Å². The van der Waals surface area contributed by atoms with E-state index >= 15 is 0 Å². The highest BCUT2D eigenvalue weighted by Crippen LogP contribution is 2.31. The highest BCUT2D eigenvalue weighted by Gasteiger charge is 2.32. The molecule has 1 N–H and O–H groups in total. The molecule has 0 radical (unpaired) electrons. The molecule has 1 aromatic carbocycles. The lowest BCUT2D eigenvalue weighted by molar-refractivity contribution is 0.406. The zero-order valence-corrected chi connectivity index (χ0v) is 15.5. The number of rotatable bonds is 3. The Morgan fingerprint density at radius 1 is 1.21 bits per heavy atom. The molecule has 2 aromatic rings. The van der Waals surface area contributed by atoms with Crippen LogP contribution in [0.1, 0.15) is 42.1 Å². The van der Waals surface area contributed by atoms with Crippen molar-refractivity contribution < 1.29 is 8.42 Å². The molecular formula is C17H22ClN3O2S. The quantitative estimate of drug-likeness (QED) is 0.900. The first-order valence-electron chi connectivity index (χ1n) is 8.17. The Bertz CT molecular complexity index is 795. The molecule has 130 valence electrons. The van der Waals surface area contributed by atoms with E-state index in [-0.39, 0.29) is 5.92 Å². The van der Waals surface area contributed by atoms with Gasteiger partial charge in [-0.15, -0.1) is 0 Å². The number of benzene rings is 1. The van der Waals surface area contributed by atoms with E-state index in [4.69, 9.17) is 11.6 Å². The first-order valence-corrected chi connectivity index (χ1v) is 9.98. The van der Waals surface area contributed by atoms with E-state index in [2.05, 4.69) is 10.2 Å². The minimum atomic E-state index is -3.54. The number of nitrogens with one attached hydrogen (secondary N) is 1. The summed E-state index contributed by atoms with van der Waals surface area (Å²) in [5, 5.41) is 7.51. The molecule has 0 bridgehead atoms. The highest BCUT2D eigenvalue weighted by atomic mass is 35.5. The van der Waals surface area contributed by atoms with E-state index in [0.29, 0.717) is 34.4 Å². The number of hydrogen-bond acceptors (Lipinski definition) is 3. The van der Waals surface area contributed by atoms with E-state index in [1.54, 1.807) is 18.2 Å². The number of sulfonamides is 1. The average Bonchev–Trinajstić information content (AvgIpc) is 2.76. The molecular weight excluding hydrogens is 346 g/mol. The zero-order valence-electron chi connectivity index (χ0n) is 13.9. The molecule has 1 aliphatic rings. The largest absolute Gasteiger partial charge is 0.281 e. The van der Waals surface area contributed by atoms with Crippen LogP contribution >= 0.6 is 11.6 Å². The fourth-order valence-electron chi connectivity index (χ4n) is 3.38. The van der Waals surface area contributed by atoms with Crippen LogP contribution in [0.15, 0.2) is 29.2 Å². The summed E-state index contributed by atoms with van der Waals surface area (Å²) in [6, 6.07) is 7.73. The lowest BCUT2D eigenvalue weighted by Gasteiger charge is -2.24. The summed E-state index contributed by atoms with van der Waals surface area (Å²) in [5.74, 6) is 0.187. The van der Waals surface area contributed by atoms with Crippen LogP contribution in [0.25, 0.3) is 0 Å². The van der Waals surface area contributed by atoms with Crippen LogP contribution in [-0.4, -0.2) is 36.0 Å². The van der Waals surface area contributed by atoms with Gasteiger partial charge in [0, 0.05) is 18.1 Å². The number of aromatic amines is 1. The summed E-state index contributed by atoms with van der Waals surface area (Å²) in [6.07, 6.45) is 2.87. The van der Waals surface area contributed by atoms with Crippen LogP contribution in [0.5, 0.6) is 0 Å². The lowest BCUT2D eigenvalue weighted by Crippen LogP contribution is -2.34. The van der Waals surface area contributed by atoms with Gasteiger partial charge in [0.05, 0.1) is 11.4 Å². The Morgan fingerprint density at radius 3 is 2.54 bits per heavy atom. The van der Waals surface area contributed by atoms with Crippen LogP contribution in [0.4, 0.5) is 0 Å². The van der Waals surface area contributed by atoms with Crippen LogP contribution < -0.4 is 0 Å². The fourth-order valence-corrected chi connectivity index (χ4v) is 5.36. The molecule has 1 aliphatic heterocycles. The molecule has 0 amide bonds. The topological polar surface area (TPSA) is 66.1 Å². The number of aromatic nitrogens is 2. The molecule has 3 rings (SSSR count). The molecule has 1 fully saturated rings. The third-order valence-electron chi connectivity index (χ3n) is 4.63. The van der Waals surface area contributed by atoms with E-state index in [9.17, 15) is 8.42 Å². The van der Waals surface area contributed by atoms with Gasteiger partial charge < -0.3 is 0 Å². The smallest absolute Gasteiger partial charge is 0.246 e. The molecule has 1 unspecified atom stereocenters. The van der Waals surface area contributed by atoms with Gasteiger partial charge in [-0.3, -0.25) is 5.10 Å². The third-order valence-corrected chi connectivity index (χ3v) is 7.01. The Balaban J connectivity index is 1.91. The van der Waals surface area contributed by atoms with Crippen LogP contribution in [0.2, 0.25) is 5.02 Å². The van der Waals surface area contributed by atoms with Crippen molar-refractivity contribution in [1.29, 1.82) is 0 Å². The van der Waals surface area contributed by atoms with Gasteiger partial charge in [-0.25, -0.2) is 8.42 Å². The van der Waals surface area contributed by atoms with Gasteiger partial charge in [0.25, 0.3) is 0 Å². The average molecular weight is 368 g/mol. The zero-order chi connectivity index (χ0) is 17.3. The lowest BCUT2D eigenvalue weighted by atomic mass is 9.95. The van der Waals surface area contributed by atoms with Crippen molar-refractivity contribution in [2.75, 3.05) is 13.1 Å². The predicted octanol–water partition coefficient (Wildman–Crippen LogP) is 3.64. The summed E-state index contributed by atoms with van der Waals surface area (Å²) in [6.45, 7) is 4.52. The second kappa shape index (κ2) is 6.86. The highest BCUT2D eigenvalue weighted by molar-refractivity contribution is 7.89. The Hall–Kier alpha value is -1.37. The van der Waals surface area contributed by atoms with Crippen molar-refractivity contribution in [2.45, 2.75) is 43.9 Å². The summed E-state index contributed by atoms with van der Waals surface area (Å²) in [7, 11) is -3.54. The van der Waals surface area contributed by atoms with Crippen molar-refractivity contribution in [2.24, 2.45) is 0 Å². The molecule has 1 atom stereocenters. The van der Waals surface area contributed by atoms with Crippen molar-refractivity contribution in [3.05, 3.63) is 46.2 Å². The van der Waals surface area contributed by atoms with Gasteiger partial charge in [-0.1, -0.05) is 30.2 Å². The number of hydrogen-bond donors (Lipinski definition) is 1. The first-order chi connectivity index (χ1) is 11.4. The van der Waals surface area contributed by atoms with Crippen LogP contribution in [0.3, 0.4) is 0 Å². The summed E-state index contributed by atoms with van der Waals surface area (Å²) < 4.78 is 27.9. The maximum atomic E-state index is 13.1. The molecule has 1 aromatic heterocycles. The van der Waals surface area contributed by atoms with Crippen LogP contribution in [-0.2, 0) is 10.0 Å². The third kappa shape index (κ3) is 3.36. The monoisotopic (exact) mass is 367 g/mol. The Morgan fingerprint density at radius 2 is 1.92 bits per heavy atom. The van der Waals surface area contributed by atoms with Gasteiger partial charge >= 0.3 is 0 Å². The molecule has 2 heterocycles. The number of halogens is 1. The molecule has 0 spiro atoms. The van der Waals surface area contributed by atoms with Gasteiger partial charge in [0.2, 0.25) is 10.0 Å². The van der Waals surface area contributed by atoms with Crippen molar-refractivity contribution in [3.63, 3.8) is 0 Å². The van der Waals surface area contributed by atoms with E-state index in [1.165, 1.54) is 0 Å². The maximum Gasteiger partial charge on any atom is 0.246 e.